The summed E-state index contributed by atoms with van der Waals surface area (Å²) in [4.78, 5) is 15.0. The highest BCUT2D eigenvalue weighted by Crippen LogP contribution is 2.46. The van der Waals surface area contributed by atoms with E-state index in [9.17, 15) is 4.79 Å². The first-order valence-electron chi connectivity index (χ1n) is 24.4. The summed E-state index contributed by atoms with van der Waals surface area (Å²) < 4.78 is 53.2. The van der Waals surface area contributed by atoms with E-state index in [1.54, 1.807) is 12.1 Å². The number of carbonyl (C=O) groups is 1. The number of hydrogen-bond acceptors (Lipinski definition) is 9. The zero-order valence-corrected chi connectivity index (χ0v) is 40.2. The van der Waals surface area contributed by atoms with Crippen LogP contribution in [0.5, 0.6) is 40.2 Å². The van der Waals surface area contributed by atoms with Crippen LogP contribution in [0.25, 0.3) is 0 Å². The van der Waals surface area contributed by atoms with Crippen LogP contribution in [0.1, 0.15) is 61.0 Å². The van der Waals surface area contributed by atoms with Crippen molar-refractivity contribution in [3.63, 3.8) is 0 Å². The van der Waals surface area contributed by atoms with Crippen molar-refractivity contribution in [2.75, 3.05) is 0 Å². The van der Waals surface area contributed by atoms with Crippen LogP contribution in [0.15, 0.2) is 231 Å². The van der Waals surface area contributed by atoms with Gasteiger partial charge in [0.2, 0.25) is 11.5 Å². The summed E-state index contributed by atoms with van der Waals surface area (Å²) in [7, 11) is 0. The van der Waals surface area contributed by atoms with E-state index in [2.05, 4.69) is 0 Å². The number of carbonyl (C=O) groups excluding carboxylic acids is 1. The zero-order valence-electron chi connectivity index (χ0n) is 40.2. The van der Waals surface area contributed by atoms with Gasteiger partial charge in [-0.15, -0.1) is 0 Å². The SMILES string of the molecule is O=C(OC1Cc2ccccc2OC1c1cc(OCc2ccccc2)c(OCc2ccccc2)c(OCc2ccccc2)c1)c1cc(OCc2ccccc2)c(OCc2ccccc2)c(OCc2ccccc2)c1. The first-order chi connectivity index (χ1) is 36.1. The number of ether oxygens (including phenoxy) is 8. The summed E-state index contributed by atoms with van der Waals surface area (Å²) in [5.41, 5.74) is 7.51. The van der Waals surface area contributed by atoms with Crippen LogP contribution in [-0.2, 0) is 50.8 Å². The van der Waals surface area contributed by atoms with Gasteiger partial charge in [0.05, 0.1) is 5.56 Å². The van der Waals surface area contributed by atoms with Gasteiger partial charge in [0.15, 0.2) is 29.1 Å². The molecule has 0 bridgehead atoms. The molecule has 9 aromatic carbocycles. The molecule has 0 spiro atoms. The van der Waals surface area contributed by atoms with Crippen molar-refractivity contribution in [1.82, 2.24) is 0 Å². The molecule has 0 amide bonds. The molecule has 0 radical (unpaired) electrons. The number of rotatable bonds is 21. The van der Waals surface area contributed by atoms with Gasteiger partial charge in [-0.25, -0.2) is 4.79 Å². The van der Waals surface area contributed by atoms with Gasteiger partial charge in [0, 0.05) is 12.0 Å². The van der Waals surface area contributed by atoms with E-state index in [-0.39, 0.29) is 45.2 Å². The summed E-state index contributed by atoms with van der Waals surface area (Å²) in [5.74, 6) is 2.40. The quantitative estimate of drug-likeness (QED) is 0.0653. The monoisotopic (exact) mass is 966 g/mol. The molecule has 9 nitrogen and oxygen atoms in total. The number of esters is 1. The lowest BCUT2D eigenvalue weighted by Crippen LogP contribution is -2.34. The van der Waals surface area contributed by atoms with Gasteiger partial charge in [-0.2, -0.15) is 0 Å². The molecule has 73 heavy (non-hydrogen) atoms. The topological polar surface area (TPSA) is 90.9 Å². The van der Waals surface area contributed by atoms with E-state index < -0.39 is 18.2 Å². The molecule has 0 N–H and O–H groups in total. The van der Waals surface area contributed by atoms with Crippen LogP contribution >= 0.6 is 0 Å². The second-order valence-corrected chi connectivity index (χ2v) is 17.6. The van der Waals surface area contributed by atoms with Gasteiger partial charge in [-0.3, -0.25) is 0 Å². The fourth-order valence-electron chi connectivity index (χ4n) is 8.49. The maximum absolute atomic E-state index is 15.0. The van der Waals surface area contributed by atoms with Gasteiger partial charge in [0.1, 0.15) is 51.5 Å². The minimum absolute atomic E-state index is 0.208. The fraction of sp³-hybridized carbons (Fsp3) is 0.141. The Labute approximate surface area is 426 Å². The standard InChI is InChI=1S/C64H54O9/c65-64(54-38-58(68-42-48-25-11-3-12-26-48)63(71-45-51-31-17-6-18-32-51)59(39-54)69-43-49-27-13-4-14-28-49)73-60-35-52-33-19-20-34-55(52)72-61(60)53-36-56(66-40-46-21-7-1-8-22-46)62(70-44-50-29-15-5-16-30-50)57(37-53)67-41-47-23-9-2-10-24-47/h1-34,36-39,60-61H,35,40-45H2. The average molecular weight is 967 g/mol. The van der Waals surface area contributed by atoms with Gasteiger partial charge in [-0.1, -0.05) is 200 Å². The lowest BCUT2D eigenvalue weighted by atomic mass is 9.94. The Bertz CT molecular complexity index is 3040. The fourth-order valence-corrected chi connectivity index (χ4v) is 8.49. The molecule has 0 aromatic heterocycles. The Balaban J connectivity index is 1.03. The number of hydrogen-bond donors (Lipinski definition) is 0. The van der Waals surface area contributed by atoms with Crippen molar-refractivity contribution in [2.24, 2.45) is 0 Å². The van der Waals surface area contributed by atoms with E-state index in [0.29, 0.717) is 52.2 Å². The third-order valence-corrected chi connectivity index (χ3v) is 12.3. The van der Waals surface area contributed by atoms with Crippen molar-refractivity contribution in [3.8, 4) is 40.2 Å². The Kier molecular flexibility index (Phi) is 15.5. The molecule has 1 aliphatic heterocycles. The molecular weight excluding hydrogens is 913 g/mol. The van der Waals surface area contributed by atoms with Gasteiger partial charge in [-0.05, 0) is 69.3 Å². The third kappa shape index (κ3) is 12.7. The van der Waals surface area contributed by atoms with Crippen molar-refractivity contribution in [1.29, 1.82) is 0 Å². The molecule has 0 fully saturated rings. The first-order valence-corrected chi connectivity index (χ1v) is 24.4. The highest BCUT2D eigenvalue weighted by molar-refractivity contribution is 5.91. The molecule has 364 valence electrons. The van der Waals surface area contributed by atoms with Crippen LogP contribution in [0.4, 0.5) is 0 Å². The molecule has 0 aliphatic carbocycles. The van der Waals surface area contributed by atoms with Crippen LogP contribution in [0.2, 0.25) is 0 Å². The third-order valence-electron chi connectivity index (χ3n) is 12.3. The molecular formula is C64H54O9. The predicted molar refractivity (Wildman–Crippen MR) is 280 cm³/mol. The summed E-state index contributed by atoms with van der Waals surface area (Å²) in [6.07, 6.45) is -1.28. The molecule has 9 heteroatoms. The Hall–Kier alpha value is -8.95. The lowest BCUT2D eigenvalue weighted by Gasteiger charge is -2.34. The summed E-state index contributed by atoms with van der Waals surface area (Å²) in [6.45, 7) is 1.43. The molecule has 10 rings (SSSR count). The number of benzene rings is 9. The summed E-state index contributed by atoms with van der Waals surface area (Å²) in [5, 5.41) is 0. The van der Waals surface area contributed by atoms with E-state index in [1.807, 2.05) is 218 Å². The molecule has 0 saturated heterocycles. The Morgan fingerprint density at radius 1 is 0.384 bits per heavy atom. The van der Waals surface area contributed by atoms with Crippen LogP contribution in [0, 0.1) is 0 Å². The van der Waals surface area contributed by atoms with Crippen LogP contribution < -0.4 is 33.2 Å². The molecule has 2 unspecified atom stereocenters. The minimum Gasteiger partial charge on any atom is -0.485 e. The van der Waals surface area contributed by atoms with Crippen LogP contribution in [0.3, 0.4) is 0 Å². The smallest absolute Gasteiger partial charge is 0.338 e. The summed E-state index contributed by atoms with van der Waals surface area (Å²) in [6, 6.07) is 74.3. The lowest BCUT2D eigenvalue weighted by molar-refractivity contribution is -0.0184. The Morgan fingerprint density at radius 2 is 0.699 bits per heavy atom. The van der Waals surface area contributed by atoms with E-state index in [0.717, 1.165) is 38.9 Å². The summed E-state index contributed by atoms with van der Waals surface area (Å²) >= 11 is 0. The van der Waals surface area contributed by atoms with Gasteiger partial charge < -0.3 is 37.9 Å². The molecule has 9 aromatic rings. The first kappa shape index (κ1) is 47.7. The number of para-hydroxylation sites is 1. The maximum atomic E-state index is 15.0. The molecule has 1 heterocycles. The molecule has 2 atom stereocenters. The Morgan fingerprint density at radius 3 is 1.07 bits per heavy atom. The highest BCUT2D eigenvalue weighted by Gasteiger charge is 2.37. The minimum atomic E-state index is -0.821. The normalized spacial score (nSPS) is 13.6. The number of fused-ring (bicyclic) bond motifs is 1. The maximum Gasteiger partial charge on any atom is 0.338 e. The highest BCUT2D eigenvalue weighted by atomic mass is 16.6. The molecule has 0 saturated carbocycles. The van der Waals surface area contributed by atoms with Crippen LogP contribution in [-0.4, -0.2) is 12.1 Å². The van der Waals surface area contributed by atoms with Gasteiger partial charge in [0.25, 0.3) is 0 Å². The van der Waals surface area contributed by atoms with Crippen molar-refractivity contribution < 1.29 is 42.7 Å². The zero-order chi connectivity index (χ0) is 49.4. The van der Waals surface area contributed by atoms with Crippen molar-refractivity contribution >= 4 is 5.97 Å². The van der Waals surface area contributed by atoms with Crippen molar-refractivity contribution in [2.45, 2.75) is 58.3 Å². The van der Waals surface area contributed by atoms with E-state index in [4.69, 9.17) is 37.9 Å². The van der Waals surface area contributed by atoms with Gasteiger partial charge >= 0.3 is 5.97 Å². The predicted octanol–water partition coefficient (Wildman–Crippen LogP) is 14.1. The second kappa shape index (κ2) is 23.8. The molecule has 1 aliphatic rings. The average Bonchev–Trinajstić information content (AvgIpc) is 3.45. The largest absolute Gasteiger partial charge is 0.485 e. The second-order valence-electron chi connectivity index (χ2n) is 17.6. The van der Waals surface area contributed by atoms with E-state index >= 15 is 0 Å². The van der Waals surface area contributed by atoms with Crippen molar-refractivity contribution in [3.05, 3.63) is 281 Å². The van der Waals surface area contributed by atoms with E-state index in [1.165, 1.54) is 0 Å².